The van der Waals surface area contributed by atoms with Crippen LogP contribution in [0.15, 0.2) is 29.2 Å². The predicted molar refractivity (Wildman–Crippen MR) is 89.9 cm³/mol. The molecule has 0 N–H and O–H groups in total. The molecule has 1 aromatic carbocycles. The Morgan fingerprint density at radius 3 is 2.58 bits per heavy atom. The summed E-state index contributed by atoms with van der Waals surface area (Å²) in [6.07, 6.45) is 2.07. The predicted octanol–water partition coefficient (Wildman–Crippen LogP) is 1.29. The van der Waals surface area contributed by atoms with Crippen LogP contribution in [0.5, 0.6) is 0 Å². The number of ether oxygens (including phenoxy) is 1. The van der Waals surface area contributed by atoms with Crippen molar-refractivity contribution >= 4 is 10.0 Å². The molecule has 0 radical (unpaired) electrons. The van der Waals surface area contributed by atoms with E-state index in [1.54, 1.807) is 16.4 Å². The largest absolute Gasteiger partial charge is 0.374 e. The Labute approximate surface area is 143 Å². The van der Waals surface area contributed by atoms with Gasteiger partial charge in [-0.2, -0.15) is 9.57 Å². The molecule has 0 bridgehead atoms. The molecule has 6 nitrogen and oxygen atoms in total. The lowest BCUT2D eigenvalue weighted by molar-refractivity contribution is -0.0268. The van der Waals surface area contributed by atoms with Gasteiger partial charge in [0.1, 0.15) is 0 Å². The second-order valence-electron chi connectivity index (χ2n) is 6.66. The minimum absolute atomic E-state index is 0.101. The monoisotopic (exact) mass is 349 g/mol. The second-order valence-corrected chi connectivity index (χ2v) is 8.59. The first-order valence-corrected chi connectivity index (χ1v) is 9.73. The second kappa shape index (κ2) is 7.19. The lowest BCUT2D eigenvalue weighted by atomic mass is 10.2. The molecule has 0 aromatic heterocycles. The summed E-state index contributed by atoms with van der Waals surface area (Å²) in [5.74, 6) is 0.458. The molecular weight excluding hydrogens is 326 g/mol. The fraction of sp³-hybridized carbons (Fsp3) is 0.588. The summed E-state index contributed by atoms with van der Waals surface area (Å²) in [6, 6.07) is 8.14. The molecule has 1 aliphatic heterocycles. The van der Waals surface area contributed by atoms with Gasteiger partial charge in [-0.05, 0) is 50.1 Å². The highest BCUT2D eigenvalue weighted by atomic mass is 32.2. The Bertz CT molecular complexity index is 708. The number of likely N-dealkylation sites (N-methyl/N-ethyl adjacent to an activating group) is 1. The van der Waals surface area contributed by atoms with E-state index in [1.807, 2.05) is 13.1 Å². The number of sulfonamides is 1. The molecule has 7 heteroatoms. The van der Waals surface area contributed by atoms with Crippen molar-refractivity contribution in [2.75, 3.05) is 39.8 Å². The fourth-order valence-corrected chi connectivity index (χ4v) is 4.46. The number of morpholine rings is 1. The molecule has 2 aliphatic rings. The first-order chi connectivity index (χ1) is 11.5. The summed E-state index contributed by atoms with van der Waals surface area (Å²) in [4.78, 5) is 2.41. The summed E-state index contributed by atoms with van der Waals surface area (Å²) in [5, 5.41) is 8.88. The highest BCUT2D eigenvalue weighted by Crippen LogP contribution is 2.32. The van der Waals surface area contributed by atoms with E-state index in [9.17, 15) is 8.42 Å². The number of nitriles is 1. The van der Waals surface area contributed by atoms with Gasteiger partial charge in [0.25, 0.3) is 0 Å². The SMILES string of the molecule is CN1CCO[C@H](CN(CC2CC2)S(=O)(=O)c2ccc(C#N)cc2)C1. The Morgan fingerprint density at radius 1 is 1.29 bits per heavy atom. The van der Waals surface area contributed by atoms with Crippen LogP contribution < -0.4 is 0 Å². The molecular formula is C17H23N3O3S. The van der Waals surface area contributed by atoms with Gasteiger partial charge in [0.15, 0.2) is 0 Å². The van der Waals surface area contributed by atoms with Gasteiger partial charge in [-0.25, -0.2) is 8.42 Å². The van der Waals surface area contributed by atoms with Crippen LogP contribution >= 0.6 is 0 Å². The van der Waals surface area contributed by atoms with Gasteiger partial charge < -0.3 is 9.64 Å². The quantitative estimate of drug-likeness (QED) is 0.774. The number of hydrogen-bond acceptors (Lipinski definition) is 5. The standard InChI is InChI=1S/C17H23N3O3S/c1-19-8-9-23-16(12-19)13-20(11-15-2-3-15)24(21,22)17-6-4-14(10-18)5-7-17/h4-7,15-16H,2-3,8-9,11-13H2,1H3/t16-/m0/s1. The number of nitrogens with zero attached hydrogens (tertiary/aromatic N) is 3. The highest BCUT2D eigenvalue weighted by Gasteiger charge is 2.34. The Balaban J connectivity index is 1.79. The number of hydrogen-bond donors (Lipinski definition) is 0. The van der Waals surface area contributed by atoms with Crippen molar-refractivity contribution in [1.82, 2.24) is 9.21 Å². The van der Waals surface area contributed by atoms with Crippen molar-refractivity contribution in [3.63, 3.8) is 0 Å². The first-order valence-electron chi connectivity index (χ1n) is 8.29. The minimum atomic E-state index is -3.57. The first kappa shape index (κ1) is 17.4. The fourth-order valence-electron chi connectivity index (χ4n) is 2.91. The van der Waals surface area contributed by atoms with Crippen molar-refractivity contribution in [3.8, 4) is 6.07 Å². The van der Waals surface area contributed by atoms with E-state index in [4.69, 9.17) is 10.00 Å². The van der Waals surface area contributed by atoms with Crippen LogP contribution in [0.25, 0.3) is 0 Å². The van der Waals surface area contributed by atoms with E-state index in [0.717, 1.165) is 25.9 Å². The summed E-state index contributed by atoms with van der Waals surface area (Å²) in [6.45, 7) is 3.18. The maximum absolute atomic E-state index is 13.0. The lowest BCUT2D eigenvalue weighted by Crippen LogP contribution is -2.48. The van der Waals surface area contributed by atoms with E-state index in [2.05, 4.69) is 4.90 Å². The topological polar surface area (TPSA) is 73.6 Å². The molecule has 0 unspecified atom stereocenters. The van der Waals surface area contributed by atoms with Gasteiger partial charge in [0.05, 0.1) is 29.2 Å². The Morgan fingerprint density at radius 2 is 2.00 bits per heavy atom. The van der Waals surface area contributed by atoms with Crippen molar-refractivity contribution in [3.05, 3.63) is 29.8 Å². The Hall–Kier alpha value is -1.46. The van der Waals surface area contributed by atoms with E-state index >= 15 is 0 Å². The molecule has 1 saturated carbocycles. The molecule has 1 atom stereocenters. The van der Waals surface area contributed by atoms with Gasteiger partial charge in [0.2, 0.25) is 10.0 Å². The third kappa shape index (κ3) is 4.14. The zero-order valence-corrected chi connectivity index (χ0v) is 14.7. The van der Waals surface area contributed by atoms with Crippen LogP contribution in [0.1, 0.15) is 18.4 Å². The maximum Gasteiger partial charge on any atom is 0.243 e. The van der Waals surface area contributed by atoms with Crippen molar-refractivity contribution in [2.45, 2.75) is 23.8 Å². The van der Waals surface area contributed by atoms with E-state index in [-0.39, 0.29) is 11.0 Å². The third-order valence-corrected chi connectivity index (χ3v) is 6.37. The van der Waals surface area contributed by atoms with Crippen LogP contribution in [0.3, 0.4) is 0 Å². The number of benzene rings is 1. The molecule has 3 rings (SSSR count). The molecule has 2 fully saturated rings. The molecule has 130 valence electrons. The molecule has 0 spiro atoms. The van der Waals surface area contributed by atoms with Crippen LogP contribution in [-0.2, 0) is 14.8 Å². The Kier molecular flexibility index (Phi) is 5.21. The van der Waals surface area contributed by atoms with Crippen LogP contribution in [0.4, 0.5) is 0 Å². The van der Waals surface area contributed by atoms with Gasteiger partial charge in [0, 0.05) is 26.2 Å². The van der Waals surface area contributed by atoms with Crippen molar-refractivity contribution < 1.29 is 13.2 Å². The molecule has 1 aromatic rings. The van der Waals surface area contributed by atoms with Crippen LogP contribution in [0, 0.1) is 17.2 Å². The molecule has 1 aliphatic carbocycles. The van der Waals surface area contributed by atoms with Gasteiger partial charge in [-0.1, -0.05) is 0 Å². The zero-order valence-electron chi connectivity index (χ0n) is 13.9. The van der Waals surface area contributed by atoms with Crippen molar-refractivity contribution in [1.29, 1.82) is 5.26 Å². The average molecular weight is 349 g/mol. The van der Waals surface area contributed by atoms with E-state index in [1.165, 1.54) is 12.1 Å². The van der Waals surface area contributed by atoms with Gasteiger partial charge in [-0.3, -0.25) is 0 Å². The summed E-state index contributed by atoms with van der Waals surface area (Å²) < 4.78 is 33.4. The summed E-state index contributed by atoms with van der Waals surface area (Å²) >= 11 is 0. The average Bonchev–Trinajstić information content (AvgIpc) is 3.38. The van der Waals surface area contributed by atoms with E-state index in [0.29, 0.717) is 31.2 Å². The molecule has 24 heavy (non-hydrogen) atoms. The maximum atomic E-state index is 13.0. The smallest absolute Gasteiger partial charge is 0.243 e. The van der Waals surface area contributed by atoms with E-state index < -0.39 is 10.0 Å². The summed E-state index contributed by atoms with van der Waals surface area (Å²) in [5.41, 5.74) is 0.458. The molecule has 0 amide bonds. The normalized spacial score (nSPS) is 22.5. The minimum Gasteiger partial charge on any atom is -0.374 e. The zero-order chi connectivity index (χ0) is 17.2. The van der Waals surface area contributed by atoms with Crippen LogP contribution in [0.2, 0.25) is 0 Å². The molecule has 1 heterocycles. The van der Waals surface area contributed by atoms with Gasteiger partial charge >= 0.3 is 0 Å². The van der Waals surface area contributed by atoms with Crippen molar-refractivity contribution in [2.24, 2.45) is 5.92 Å². The molecule has 1 saturated heterocycles. The number of rotatable bonds is 6. The highest BCUT2D eigenvalue weighted by molar-refractivity contribution is 7.89. The van der Waals surface area contributed by atoms with Crippen LogP contribution in [-0.4, -0.2) is 63.6 Å². The van der Waals surface area contributed by atoms with Gasteiger partial charge in [-0.15, -0.1) is 0 Å². The lowest BCUT2D eigenvalue weighted by Gasteiger charge is -2.33. The summed E-state index contributed by atoms with van der Waals surface area (Å²) in [7, 11) is -1.55. The third-order valence-electron chi connectivity index (χ3n) is 4.53.